The number of benzene rings is 2. The number of carbonyl (C=O) groups excluding carboxylic acids is 4. The van der Waals surface area contributed by atoms with Gasteiger partial charge in [0.15, 0.2) is 11.5 Å². The van der Waals surface area contributed by atoms with E-state index in [2.05, 4.69) is 0 Å². The Labute approximate surface area is 207 Å². The van der Waals surface area contributed by atoms with Gasteiger partial charge in [0.05, 0.1) is 17.6 Å². The highest BCUT2D eigenvalue weighted by Gasteiger charge is 2.37. The minimum Gasteiger partial charge on any atom is -0.493 e. The largest absolute Gasteiger partial charge is 0.493 e. The van der Waals surface area contributed by atoms with E-state index in [4.69, 9.17) is 9.47 Å². The van der Waals surface area contributed by atoms with E-state index in [1.54, 1.807) is 41.3 Å². The number of ether oxygens (including phenoxy) is 2. The normalized spacial score (nSPS) is 17.1. The van der Waals surface area contributed by atoms with Crippen LogP contribution in [0.2, 0.25) is 0 Å². The predicted octanol–water partition coefficient (Wildman–Crippen LogP) is 4.27. The Bertz CT molecular complexity index is 1180. The molecule has 8 nitrogen and oxygen atoms in total. The second-order valence-electron chi connectivity index (χ2n) is 8.38. The molecular formula is C26H26N2O6S. The lowest BCUT2D eigenvalue weighted by Gasteiger charge is -2.27. The summed E-state index contributed by atoms with van der Waals surface area (Å²) in [4.78, 5) is 53.4. The van der Waals surface area contributed by atoms with Crippen LogP contribution >= 0.6 is 11.8 Å². The minimum absolute atomic E-state index is 0.186. The minimum atomic E-state index is -0.544. The molecule has 9 heteroatoms. The molecule has 0 saturated carbocycles. The summed E-state index contributed by atoms with van der Waals surface area (Å²) < 4.78 is 10.9. The number of aryl methyl sites for hydroxylation is 1. The lowest BCUT2D eigenvalue weighted by molar-refractivity contribution is -0.136. The van der Waals surface area contributed by atoms with E-state index in [1.807, 2.05) is 19.1 Å². The van der Waals surface area contributed by atoms with E-state index in [0.717, 1.165) is 41.5 Å². The zero-order chi connectivity index (χ0) is 24.9. The summed E-state index contributed by atoms with van der Waals surface area (Å²) in [5.74, 6) is -0.742. The fourth-order valence-electron chi connectivity index (χ4n) is 3.88. The summed E-state index contributed by atoms with van der Waals surface area (Å²) in [5, 5.41) is -0.480. The van der Waals surface area contributed by atoms with Gasteiger partial charge in [-0.1, -0.05) is 23.8 Å². The summed E-state index contributed by atoms with van der Waals surface area (Å²) in [5.41, 5.74) is 1.96. The van der Waals surface area contributed by atoms with Crippen molar-refractivity contribution in [3.05, 3.63) is 64.1 Å². The van der Waals surface area contributed by atoms with Gasteiger partial charge >= 0.3 is 5.97 Å². The Kier molecular flexibility index (Phi) is 7.55. The highest BCUT2D eigenvalue weighted by molar-refractivity contribution is 8.18. The monoisotopic (exact) mass is 494 g/mol. The second kappa shape index (κ2) is 10.8. The Morgan fingerprint density at radius 2 is 1.71 bits per heavy atom. The Hall–Kier alpha value is -3.59. The number of likely N-dealkylation sites (tertiary alicyclic amines) is 1. The van der Waals surface area contributed by atoms with E-state index >= 15 is 0 Å². The summed E-state index contributed by atoms with van der Waals surface area (Å²) in [6.07, 6.45) is 4.49. The fraction of sp³-hybridized carbons (Fsp3) is 0.308. The highest BCUT2D eigenvalue weighted by atomic mass is 32.2. The molecule has 0 atom stereocenters. The van der Waals surface area contributed by atoms with Crippen molar-refractivity contribution in [3.8, 4) is 11.5 Å². The molecule has 0 aliphatic carbocycles. The highest BCUT2D eigenvalue weighted by Crippen LogP contribution is 2.35. The third kappa shape index (κ3) is 5.74. The van der Waals surface area contributed by atoms with Gasteiger partial charge in [-0.3, -0.25) is 19.3 Å². The average Bonchev–Trinajstić information content (AvgIpc) is 3.12. The molecule has 0 aromatic heterocycles. The maximum atomic E-state index is 12.9. The number of hydrogen-bond donors (Lipinski definition) is 0. The molecule has 4 rings (SSSR count). The van der Waals surface area contributed by atoms with Crippen LogP contribution < -0.4 is 9.47 Å². The molecule has 2 aromatic rings. The Balaban J connectivity index is 1.50. The molecule has 2 saturated heterocycles. The van der Waals surface area contributed by atoms with Crippen LogP contribution in [0.25, 0.3) is 6.08 Å². The van der Waals surface area contributed by atoms with Crippen molar-refractivity contribution in [2.24, 2.45) is 0 Å². The van der Waals surface area contributed by atoms with Crippen LogP contribution in [0.4, 0.5) is 4.79 Å². The van der Waals surface area contributed by atoms with Crippen molar-refractivity contribution in [2.75, 3.05) is 26.7 Å². The number of nitrogens with zero attached hydrogens (tertiary/aromatic N) is 2. The van der Waals surface area contributed by atoms with Gasteiger partial charge in [0, 0.05) is 13.1 Å². The Morgan fingerprint density at radius 1 is 1.00 bits per heavy atom. The van der Waals surface area contributed by atoms with Crippen LogP contribution in [0.5, 0.6) is 11.5 Å². The first kappa shape index (κ1) is 24.5. The van der Waals surface area contributed by atoms with E-state index < -0.39 is 17.1 Å². The smallest absolute Gasteiger partial charge is 0.343 e. The molecule has 2 aliphatic rings. The van der Waals surface area contributed by atoms with E-state index in [0.29, 0.717) is 30.0 Å². The molecule has 3 amide bonds. The molecule has 0 unspecified atom stereocenters. The van der Waals surface area contributed by atoms with Crippen molar-refractivity contribution in [3.63, 3.8) is 0 Å². The second-order valence-corrected chi connectivity index (χ2v) is 9.37. The van der Waals surface area contributed by atoms with Crippen LogP contribution in [-0.2, 0) is 9.59 Å². The van der Waals surface area contributed by atoms with Gasteiger partial charge < -0.3 is 14.4 Å². The molecule has 2 aromatic carbocycles. The number of carbonyl (C=O) groups is 4. The molecule has 0 spiro atoms. The Morgan fingerprint density at radius 3 is 2.40 bits per heavy atom. The molecule has 0 radical (unpaired) electrons. The number of methoxy groups -OCH3 is 1. The maximum absolute atomic E-state index is 12.9. The summed E-state index contributed by atoms with van der Waals surface area (Å²) >= 11 is 0.782. The first-order valence-corrected chi connectivity index (χ1v) is 12.2. The van der Waals surface area contributed by atoms with Gasteiger partial charge in [-0.2, -0.15) is 0 Å². The lowest BCUT2D eigenvalue weighted by atomic mass is 10.1. The number of imide groups is 1. The molecular weight excluding hydrogens is 468 g/mol. The summed E-state index contributed by atoms with van der Waals surface area (Å²) in [7, 11) is 1.46. The van der Waals surface area contributed by atoms with E-state index in [-0.39, 0.29) is 23.1 Å². The number of piperidine rings is 1. The van der Waals surface area contributed by atoms with Crippen molar-refractivity contribution < 1.29 is 28.7 Å². The topological polar surface area (TPSA) is 93.2 Å². The van der Waals surface area contributed by atoms with Crippen molar-refractivity contribution in [1.29, 1.82) is 0 Å². The first-order chi connectivity index (χ1) is 16.9. The van der Waals surface area contributed by atoms with Gasteiger partial charge in [-0.15, -0.1) is 0 Å². The quantitative estimate of drug-likeness (QED) is 0.336. The van der Waals surface area contributed by atoms with Gasteiger partial charge in [0.2, 0.25) is 5.91 Å². The summed E-state index contributed by atoms with van der Waals surface area (Å²) in [6, 6.07) is 11.9. The summed E-state index contributed by atoms with van der Waals surface area (Å²) in [6.45, 7) is 2.97. The number of amides is 3. The molecule has 0 bridgehead atoms. The van der Waals surface area contributed by atoms with Crippen molar-refractivity contribution >= 4 is 40.9 Å². The van der Waals surface area contributed by atoms with Crippen LogP contribution in [0.1, 0.15) is 40.7 Å². The zero-order valence-electron chi connectivity index (χ0n) is 19.6. The fourth-order valence-corrected chi connectivity index (χ4v) is 4.72. The third-order valence-corrected chi connectivity index (χ3v) is 6.76. The standard InChI is InChI=1S/C26H26N2O6S/c1-17-6-9-19(10-7-17)25(31)34-21-14-18(8-11-20(21)33-2)15-22-24(30)28(26(32)35-22)16-23(29)27-12-4-3-5-13-27/h6-11,14-15H,3-5,12-13,16H2,1-2H3/b22-15-. The predicted molar refractivity (Wildman–Crippen MR) is 132 cm³/mol. The number of esters is 1. The van der Waals surface area contributed by atoms with Gasteiger partial charge in [-0.25, -0.2) is 4.79 Å². The third-order valence-electron chi connectivity index (χ3n) is 5.85. The number of hydrogen-bond acceptors (Lipinski definition) is 7. The van der Waals surface area contributed by atoms with E-state index in [9.17, 15) is 19.2 Å². The molecule has 182 valence electrons. The molecule has 2 heterocycles. The van der Waals surface area contributed by atoms with Gasteiger partial charge in [-0.05, 0) is 73.9 Å². The zero-order valence-corrected chi connectivity index (χ0v) is 20.4. The van der Waals surface area contributed by atoms with Crippen LogP contribution in [-0.4, -0.2) is 59.6 Å². The number of rotatable bonds is 6. The molecule has 0 N–H and O–H groups in total. The van der Waals surface area contributed by atoms with Gasteiger partial charge in [0.25, 0.3) is 11.1 Å². The maximum Gasteiger partial charge on any atom is 0.343 e. The molecule has 2 aliphatic heterocycles. The van der Waals surface area contributed by atoms with Crippen molar-refractivity contribution in [2.45, 2.75) is 26.2 Å². The molecule has 2 fully saturated rings. The lowest BCUT2D eigenvalue weighted by Crippen LogP contribution is -2.44. The van der Waals surface area contributed by atoms with E-state index in [1.165, 1.54) is 7.11 Å². The van der Waals surface area contributed by atoms with Gasteiger partial charge in [0.1, 0.15) is 6.54 Å². The SMILES string of the molecule is COc1ccc(/C=C2\SC(=O)N(CC(=O)N3CCCCC3)C2=O)cc1OC(=O)c1ccc(C)cc1. The van der Waals surface area contributed by atoms with Crippen LogP contribution in [0.3, 0.4) is 0 Å². The van der Waals surface area contributed by atoms with Crippen molar-refractivity contribution in [1.82, 2.24) is 9.80 Å². The first-order valence-electron chi connectivity index (χ1n) is 11.4. The average molecular weight is 495 g/mol. The van der Waals surface area contributed by atoms with Crippen LogP contribution in [0, 0.1) is 6.92 Å². The number of thioether (sulfide) groups is 1. The van der Waals surface area contributed by atoms with Crippen LogP contribution in [0.15, 0.2) is 47.4 Å². The molecule has 35 heavy (non-hydrogen) atoms.